The van der Waals surface area contributed by atoms with Crippen molar-refractivity contribution in [3.63, 3.8) is 0 Å². The molecule has 0 spiro atoms. The van der Waals surface area contributed by atoms with Crippen LogP contribution in [0.5, 0.6) is 0 Å². The van der Waals surface area contributed by atoms with E-state index in [1.165, 1.54) is 10.9 Å². The van der Waals surface area contributed by atoms with E-state index in [4.69, 9.17) is 4.74 Å². The first-order chi connectivity index (χ1) is 26.8. The Bertz CT molecular complexity index is 2050. The van der Waals surface area contributed by atoms with E-state index in [1.54, 1.807) is 11.8 Å². The van der Waals surface area contributed by atoms with E-state index in [-0.39, 0.29) is 35.3 Å². The molecule has 6 N–H and O–H groups in total. The fourth-order valence-electron chi connectivity index (χ4n) is 7.09. The Balaban J connectivity index is 1.13. The third kappa shape index (κ3) is 8.43. The average molecular weight is 748 g/mol. The standard InChI is InChI=1S/C40H45N9O6/c1-2-41-37(52)33-31(50)32(51)39(55-33)49-24-44-30-34(43-22-29(26-14-8-4-9-15-26)27-16-10-5-11-17-27)46-35(47-36(30)49)38(53)45-28-19-21-48(23-28)40(54)42-20-18-25-12-6-3-7-13-25/h3-17,24,28-29,31-33,39,50-51H,2,18-23H2,1H3,(H,41,52)(H,42,54)(H,45,53)(H,43,46,47)/t28-,31+,32-,33+,39-/m1/s1. The number of amides is 4. The molecule has 0 bridgehead atoms. The van der Waals surface area contributed by atoms with Crippen LogP contribution in [0.25, 0.3) is 11.2 Å². The molecule has 0 saturated carbocycles. The fourth-order valence-corrected chi connectivity index (χ4v) is 7.09. The molecular weight excluding hydrogens is 702 g/mol. The van der Waals surface area contributed by atoms with Gasteiger partial charge < -0.3 is 41.1 Å². The summed E-state index contributed by atoms with van der Waals surface area (Å²) >= 11 is 0. The number of likely N-dealkylation sites (N-methyl/N-ethyl adjacent to an activating group) is 1. The summed E-state index contributed by atoms with van der Waals surface area (Å²) in [7, 11) is 0. The van der Waals surface area contributed by atoms with Crippen molar-refractivity contribution in [3.8, 4) is 0 Å². The SMILES string of the molecule is CCNC(=O)[C@H]1O[C@@H](n2cnc3c(NCC(c4ccccc4)c4ccccc4)nc(C(=O)N[C@@H]4CCN(C(=O)NCCc5ccccc5)C4)nc32)[C@H](O)[C@@H]1O. The summed E-state index contributed by atoms with van der Waals surface area (Å²) in [5.41, 5.74) is 3.71. The average Bonchev–Trinajstić information content (AvgIpc) is 3.93. The van der Waals surface area contributed by atoms with Gasteiger partial charge in [0.15, 0.2) is 29.3 Å². The lowest BCUT2D eigenvalue weighted by molar-refractivity contribution is -0.137. The van der Waals surface area contributed by atoms with E-state index in [9.17, 15) is 24.6 Å². The van der Waals surface area contributed by atoms with Crippen LogP contribution in [0.1, 0.15) is 52.8 Å². The van der Waals surface area contributed by atoms with E-state index in [0.717, 1.165) is 16.7 Å². The Labute approximate surface area is 318 Å². The highest BCUT2D eigenvalue weighted by atomic mass is 16.6. The summed E-state index contributed by atoms with van der Waals surface area (Å²) in [6.07, 6.45) is -2.97. The molecule has 2 saturated heterocycles. The van der Waals surface area contributed by atoms with Gasteiger partial charge in [-0.05, 0) is 36.5 Å². The minimum absolute atomic E-state index is 0.0944. The molecular formula is C40H45N9O6. The van der Waals surface area contributed by atoms with Gasteiger partial charge in [-0.2, -0.15) is 0 Å². The number of fused-ring (bicyclic) bond motifs is 1. The van der Waals surface area contributed by atoms with E-state index >= 15 is 0 Å². The number of ether oxygens (including phenoxy) is 1. The molecule has 5 aromatic rings. The monoisotopic (exact) mass is 747 g/mol. The largest absolute Gasteiger partial charge is 0.387 e. The summed E-state index contributed by atoms with van der Waals surface area (Å²) in [4.78, 5) is 54.9. The molecule has 4 amide bonds. The minimum Gasteiger partial charge on any atom is -0.387 e. The van der Waals surface area contributed by atoms with Gasteiger partial charge in [0, 0.05) is 44.7 Å². The highest BCUT2D eigenvalue weighted by molar-refractivity contribution is 5.95. The molecule has 15 nitrogen and oxygen atoms in total. The number of rotatable bonds is 13. The van der Waals surface area contributed by atoms with Gasteiger partial charge >= 0.3 is 6.03 Å². The maximum Gasteiger partial charge on any atom is 0.317 e. The minimum atomic E-state index is -1.52. The lowest BCUT2D eigenvalue weighted by Crippen LogP contribution is -2.43. The van der Waals surface area contributed by atoms with Crippen molar-refractivity contribution in [2.45, 2.75) is 56.3 Å². The zero-order valence-corrected chi connectivity index (χ0v) is 30.4. The molecule has 286 valence electrons. The number of aliphatic hydroxyl groups is 2. The number of aromatic nitrogens is 4. The fraction of sp³-hybridized carbons (Fsp3) is 0.350. The first kappa shape index (κ1) is 37.4. The van der Waals surface area contributed by atoms with E-state index < -0.39 is 36.4 Å². The van der Waals surface area contributed by atoms with Gasteiger partial charge in [-0.25, -0.2) is 19.7 Å². The van der Waals surface area contributed by atoms with Crippen molar-refractivity contribution < 1.29 is 29.3 Å². The molecule has 2 aliphatic heterocycles. The number of hydrogen-bond donors (Lipinski definition) is 6. The van der Waals surface area contributed by atoms with Gasteiger partial charge in [0.25, 0.3) is 11.8 Å². The number of carbonyl (C=O) groups is 3. The highest BCUT2D eigenvalue weighted by Gasteiger charge is 2.47. The third-order valence-electron chi connectivity index (χ3n) is 9.97. The van der Waals surface area contributed by atoms with Crippen LogP contribution in [-0.2, 0) is 16.0 Å². The molecule has 4 heterocycles. The summed E-state index contributed by atoms with van der Waals surface area (Å²) in [5, 5.41) is 33.8. The molecule has 2 aromatic heterocycles. The number of benzene rings is 3. The molecule has 7 rings (SSSR count). The van der Waals surface area contributed by atoms with Crippen LogP contribution in [0.2, 0.25) is 0 Å². The molecule has 0 aliphatic carbocycles. The molecule has 0 unspecified atom stereocenters. The predicted molar refractivity (Wildman–Crippen MR) is 204 cm³/mol. The van der Waals surface area contributed by atoms with Crippen LogP contribution >= 0.6 is 0 Å². The van der Waals surface area contributed by atoms with E-state index in [0.29, 0.717) is 51.1 Å². The van der Waals surface area contributed by atoms with Crippen molar-refractivity contribution in [1.82, 2.24) is 40.4 Å². The summed E-state index contributed by atoms with van der Waals surface area (Å²) in [6, 6.07) is 29.4. The van der Waals surface area contributed by atoms with Gasteiger partial charge in [0.05, 0.1) is 6.33 Å². The number of aliphatic hydroxyl groups excluding tert-OH is 2. The normalized spacial score (nSPS) is 20.8. The summed E-state index contributed by atoms with van der Waals surface area (Å²) in [5.74, 6) is -1.13. The summed E-state index contributed by atoms with van der Waals surface area (Å²) in [6.45, 7) is 3.69. The lowest BCUT2D eigenvalue weighted by Gasteiger charge is -2.20. The molecule has 55 heavy (non-hydrogen) atoms. The van der Waals surface area contributed by atoms with Crippen LogP contribution in [-0.4, -0.2) is 110 Å². The Morgan fingerprint density at radius 3 is 2.24 bits per heavy atom. The van der Waals surface area contributed by atoms with Crippen molar-refractivity contribution >= 4 is 34.8 Å². The second kappa shape index (κ2) is 17.1. The van der Waals surface area contributed by atoms with Gasteiger partial charge in [-0.15, -0.1) is 0 Å². The van der Waals surface area contributed by atoms with Crippen LogP contribution in [0, 0.1) is 0 Å². The topological polar surface area (TPSA) is 196 Å². The lowest BCUT2D eigenvalue weighted by atomic mass is 9.91. The second-order valence-corrected chi connectivity index (χ2v) is 13.7. The highest BCUT2D eigenvalue weighted by Crippen LogP contribution is 2.33. The molecule has 15 heteroatoms. The van der Waals surface area contributed by atoms with Crippen molar-refractivity contribution in [1.29, 1.82) is 0 Å². The van der Waals surface area contributed by atoms with Crippen molar-refractivity contribution in [2.75, 3.05) is 38.0 Å². The van der Waals surface area contributed by atoms with Crippen LogP contribution < -0.4 is 21.3 Å². The number of nitrogens with one attached hydrogen (secondary N) is 4. The Kier molecular flexibility index (Phi) is 11.6. The maximum atomic E-state index is 13.9. The Hall–Kier alpha value is -5.90. The van der Waals surface area contributed by atoms with Crippen molar-refractivity contribution in [3.05, 3.63) is 120 Å². The smallest absolute Gasteiger partial charge is 0.317 e. The quantitative estimate of drug-likeness (QED) is 0.104. The van der Waals surface area contributed by atoms with Crippen LogP contribution in [0.15, 0.2) is 97.3 Å². The van der Waals surface area contributed by atoms with E-state index in [2.05, 4.69) is 36.2 Å². The van der Waals surface area contributed by atoms with Gasteiger partial charge in [-0.3, -0.25) is 14.2 Å². The Morgan fingerprint density at radius 1 is 0.891 bits per heavy atom. The molecule has 3 aromatic carbocycles. The number of likely N-dealkylation sites (tertiary alicyclic amines) is 1. The zero-order chi connectivity index (χ0) is 38.3. The number of anilines is 1. The molecule has 2 aliphatic rings. The van der Waals surface area contributed by atoms with Crippen molar-refractivity contribution in [2.24, 2.45) is 0 Å². The third-order valence-corrected chi connectivity index (χ3v) is 9.97. The van der Waals surface area contributed by atoms with Crippen LogP contribution in [0.3, 0.4) is 0 Å². The molecule has 0 radical (unpaired) electrons. The maximum absolute atomic E-state index is 13.9. The first-order valence-electron chi connectivity index (χ1n) is 18.6. The Morgan fingerprint density at radius 2 is 1.56 bits per heavy atom. The number of hydrogen-bond acceptors (Lipinski definition) is 10. The number of imidazole rings is 1. The van der Waals surface area contributed by atoms with Gasteiger partial charge in [-0.1, -0.05) is 91.0 Å². The van der Waals surface area contributed by atoms with Crippen LogP contribution in [0.4, 0.5) is 10.6 Å². The predicted octanol–water partition coefficient (Wildman–Crippen LogP) is 2.58. The first-order valence-corrected chi connectivity index (χ1v) is 18.6. The number of carbonyl (C=O) groups excluding carboxylic acids is 3. The molecule has 5 atom stereocenters. The number of urea groups is 1. The van der Waals surface area contributed by atoms with Gasteiger partial charge in [0.2, 0.25) is 5.82 Å². The second-order valence-electron chi connectivity index (χ2n) is 13.7. The number of nitrogens with zero attached hydrogens (tertiary/aromatic N) is 5. The molecule has 2 fully saturated rings. The summed E-state index contributed by atoms with van der Waals surface area (Å²) < 4.78 is 7.29. The van der Waals surface area contributed by atoms with Gasteiger partial charge in [0.1, 0.15) is 12.2 Å². The zero-order valence-electron chi connectivity index (χ0n) is 30.4. The van der Waals surface area contributed by atoms with E-state index in [1.807, 2.05) is 91.0 Å².